The Kier molecular flexibility index (Phi) is 4.27. The number of nitrogens with zero attached hydrogens (tertiary/aromatic N) is 2. The predicted octanol–water partition coefficient (Wildman–Crippen LogP) is 2.41. The molecule has 0 bridgehead atoms. The van der Waals surface area contributed by atoms with Crippen molar-refractivity contribution in [3.8, 4) is 11.5 Å². The highest BCUT2D eigenvalue weighted by molar-refractivity contribution is 5.91. The smallest absolute Gasteiger partial charge is 0.231 e. The maximum atomic E-state index is 11.6. The molecular formula is C16H18N4O3. The van der Waals surface area contributed by atoms with Gasteiger partial charge in [0, 0.05) is 12.5 Å². The molecule has 7 nitrogen and oxygen atoms in total. The third kappa shape index (κ3) is 3.68. The number of rotatable bonds is 5. The minimum absolute atomic E-state index is 0.0830. The van der Waals surface area contributed by atoms with E-state index in [1.807, 2.05) is 32.0 Å². The fourth-order valence-corrected chi connectivity index (χ4v) is 2.01. The lowest BCUT2D eigenvalue weighted by molar-refractivity contribution is -0.118. The minimum Gasteiger partial charge on any atom is -0.454 e. The number of ether oxygens (including phenoxy) is 2. The van der Waals surface area contributed by atoms with Crippen molar-refractivity contribution in [2.75, 3.05) is 17.4 Å². The van der Waals surface area contributed by atoms with E-state index < -0.39 is 0 Å². The first-order valence-corrected chi connectivity index (χ1v) is 7.39. The molecule has 120 valence electrons. The number of anilines is 2. The third-order valence-electron chi connectivity index (χ3n) is 3.35. The van der Waals surface area contributed by atoms with Gasteiger partial charge in [0.05, 0.1) is 0 Å². The van der Waals surface area contributed by atoms with Gasteiger partial charge in [-0.05, 0) is 29.8 Å². The molecule has 0 aliphatic carbocycles. The summed E-state index contributed by atoms with van der Waals surface area (Å²) in [5.41, 5.74) is 1.05. The molecule has 1 aromatic carbocycles. The number of benzene rings is 1. The molecule has 1 aliphatic heterocycles. The second-order valence-electron chi connectivity index (χ2n) is 5.49. The number of carbonyl (C=O) groups excluding carboxylic acids is 1. The first kappa shape index (κ1) is 15.1. The summed E-state index contributed by atoms with van der Waals surface area (Å²) in [6, 6.07) is 9.27. The fraction of sp³-hybridized carbons (Fsp3) is 0.312. The molecule has 0 atom stereocenters. The molecule has 0 unspecified atom stereocenters. The van der Waals surface area contributed by atoms with Crippen molar-refractivity contribution >= 4 is 17.5 Å². The first-order valence-electron chi connectivity index (χ1n) is 7.39. The number of hydrogen-bond acceptors (Lipinski definition) is 6. The van der Waals surface area contributed by atoms with E-state index in [-0.39, 0.29) is 18.6 Å². The van der Waals surface area contributed by atoms with Crippen LogP contribution in [0.1, 0.15) is 19.4 Å². The largest absolute Gasteiger partial charge is 0.454 e. The fourth-order valence-electron chi connectivity index (χ4n) is 2.01. The molecule has 2 aromatic rings. The lowest BCUT2D eigenvalue weighted by Crippen LogP contribution is -2.18. The zero-order valence-electron chi connectivity index (χ0n) is 13.0. The van der Waals surface area contributed by atoms with E-state index in [0.29, 0.717) is 18.2 Å². The van der Waals surface area contributed by atoms with E-state index in [4.69, 9.17) is 9.47 Å². The van der Waals surface area contributed by atoms with Gasteiger partial charge in [0.2, 0.25) is 12.7 Å². The second-order valence-corrected chi connectivity index (χ2v) is 5.49. The molecule has 1 aliphatic rings. The second kappa shape index (κ2) is 6.51. The SMILES string of the molecule is CC(C)C(=O)Nc1ccc(NCc2ccc3c(c2)OCO3)nn1. The minimum atomic E-state index is -0.0967. The Morgan fingerprint density at radius 2 is 1.87 bits per heavy atom. The molecule has 0 fully saturated rings. The number of aromatic nitrogens is 2. The van der Waals surface area contributed by atoms with Gasteiger partial charge in [-0.2, -0.15) is 0 Å². The van der Waals surface area contributed by atoms with Gasteiger partial charge >= 0.3 is 0 Å². The van der Waals surface area contributed by atoms with Crippen LogP contribution in [0.5, 0.6) is 11.5 Å². The van der Waals surface area contributed by atoms with Gasteiger partial charge in [-0.1, -0.05) is 19.9 Å². The number of hydrogen-bond donors (Lipinski definition) is 2. The van der Waals surface area contributed by atoms with Crippen LogP contribution >= 0.6 is 0 Å². The van der Waals surface area contributed by atoms with Crippen LogP contribution in [0, 0.1) is 5.92 Å². The van der Waals surface area contributed by atoms with Crippen molar-refractivity contribution in [3.63, 3.8) is 0 Å². The molecule has 2 N–H and O–H groups in total. The molecule has 0 spiro atoms. The molecule has 3 rings (SSSR count). The Morgan fingerprint density at radius 1 is 1.13 bits per heavy atom. The molecule has 0 radical (unpaired) electrons. The van der Waals surface area contributed by atoms with E-state index in [9.17, 15) is 4.79 Å². The summed E-state index contributed by atoms with van der Waals surface area (Å²) < 4.78 is 10.6. The summed E-state index contributed by atoms with van der Waals surface area (Å²) in [4.78, 5) is 11.6. The van der Waals surface area contributed by atoms with E-state index >= 15 is 0 Å². The van der Waals surface area contributed by atoms with Crippen LogP contribution in [-0.2, 0) is 11.3 Å². The van der Waals surface area contributed by atoms with Gasteiger partial charge < -0.3 is 20.1 Å². The molecule has 1 amide bonds. The van der Waals surface area contributed by atoms with Crippen LogP contribution in [0.25, 0.3) is 0 Å². The van der Waals surface area contributed by atoms with Crippen LogP contribution in [0.4, 0.5) is 11.6 Å². The van der Waals surface area contributed by atoms with Gasteiger partial charge in [0.15, 0.2) is 17.3 Å². The van der Waals surface area contributed by atoms with Crippen molar-refractivity contribution in [1.82, 2.24) is 10.2 Å². The van der Waals surface area contributed by atoms with Gasteiger partial charge in [0.1, 0.15) is 5.82 Å². The summed E-state index contributed by atoms with van der Waals surface area (Å²) >= 11 is 0. The van der Waals surface area contributed by atoms with Crippen LogP contribution in [0.15, 0.2) is 30.3 Å². The molecule has 23 heavy (non-hydrogen) atoms. The summed E-state index contributed by atoms with van der Waals surface area (Å²) in [7, 11) is 0. The van der Waals surface area contributed by atoms with Crippen LogP contribution in [-0.4, -0.2) is 22.9 Å². The standard InChI is InChI=1S/C16H18N4O3/c1-10(2)16(21)18-15-6-5-14(19-20-15)17-8-11-3-4-12-13(7-11)23-9-22-12/h3-7,10H,8-9H2,1-2H3,(H,17,19)(H,18,20,21). The maximum Gasteiger partial charge on any atom is 0.231 e. The summed E-state index contributed by atoms with van der Waals surface area (Å²) in [6.45, 7) is 4.50. The summed E-state index contributed by atoms with van der Waals surface area (Å²) in [5.74, 6) is 2.41. The molecule has 1 aromatic heterocycles. The number of carbonyl (C=O) groups is 1. The van der Waals surface area contributed by atoms with E-state index in [1.54, 1.807) is 12.1 Å². The lowest BCUT2D eigenvalue weighted by atomic mass is 10.2. The Bertz CT molecular complexity index is 701. The predicted molar refractivity (Wildman–Crippen MR) is 85.4 cm³/mol. The topological polar surface area (TPSA) is 85.4 Å². The highest BCUT2D eigenvalue weighted by atomic mass is 16.7. The molecule has 2 heterocycles. The normalized spacial score (nSPS) is 12.3. The zero-order valence-corrected chi connectivity index (χ0v) is 13.0. The van der Waals surface area contributed by atoms with E-state index in [1.165, 1.54) is 0 Å². The van der Waals surface area contributed by atoms with Crippen molar-refractivity contribution in [1.29, 1.82) is 0 Å². The summed E-state index contributed by atoms with van der Waals surface area (Å²) in [6.07, 6.45) is 0. The third-order valence-corrected chi connectivity index (χ3v) is 3.35. The zero-order chi connectivity index (χ0) is 16.2. The highest BCUT2D eigenvalue weighted by Gasteiger charge is 2.13. The Balaban J connectivity index is 1.57. The molecular weight excluding hydrogens is 296 g/mol. The number of fused-ring (bicyclic) bond motifs is 1. The lowest BCUT2D eigenvalue weighted by Gasteiger charge is -2.08. The maximum absolute atomic E-state index is 11.6. The summed E-state index contributed by atoms with van der Waals surface area (Å²) in [5, 5.41) is 13.9. The van der Waals surface area contributed by atoms with Gasteiger partial charge in [-0.15, -0.1) is 10.2 Å². The average molecular weight is 314 g/mol. The van der Waals surface area contributed by atoms with Gasteiger partial charge in [-0.3, -0.25) is 4.79 Å². The molecule has 7 heteroatoms. The Hall–Kier alpha value is -2.83. The Labute approximate surface area is 134 Å². The molecule has 0 saturated heterocycles. The first-order chi connectivity index (χ1) is 11.1. The number of nitrogens with one attached hydrogen (secondary N) is 2. The van der Waals surface area contributed by atoms with Gasteiger partial charge in [0.25, 0.3) is 0 Å². The monoisotopic (exact) mass is 314 g/mol. The average Bonchev–Trinajstić information content (AvgIpc) is 3.01. The quantitative estimate of drug-likeness (QED) is 0.881. The van der Waals surface area contributed by atoms with Gasteiger partial charge in [-0.25, -0.2) is 0 Å². The van der Waals surface area contributed by atoms with Crippen molar-refractivity contribution in [3.05, 3.63) is 35.9 Å². The van der Waals surface area contributed by atoms with Crippen LogP contribution in [0.3, 0.4) is 0 Å². The van der Waals surface area contributed by atoms with Crippen molar-refractivity contribution in [2.45, 2.75) is 20.4 Å². The van der Waals surface area contributed by atoms with E-state index in [2.05, 4.69) is 20.8 Å². The highest BCUT2D eigenvalue weighted by Crippen LogP contribution is 2.32. The van der Waals surface area contributed by atoms with Crippen LogP contribution < -0.4 is 20.1 Å². The van der Waals surface area contributed by atoms with Crippen molar-refractivity contribution in [2.24, 2.45) is 5.92 Å². The Morgan fingerprint density at radius 3 is 2.61 bits per heavy atom. The van der Waals surface area contributed by atoms with Crippen LogP contribution in [0.2, 0.25) is 0 Å². The van der Waals surface area contributed by atoms with Crippen molar-refractivity contribution < 1.29 is 14.3 Å². The number of amides is 1. The molecule has 0 saturated carbocycles. The van der Waals surface area contributed by atoms with E-state index in [0.717, 1.165) is 17.1 Å².